The first-order valence-electron chi connectivity index (χ1n) is 9.71. The molecule has 1 amide bonds. The van der Waals surface area contributed by atoms with Crippen LogP contribution in [0, 0.1) is 6.92 Å². The number of rotatable bonds is 2. The Kier molecular flexibility index (Phi) is 4.09. The van der Waals surface area contributed by atoms with Gasteiger partial charge in [0.25, 0.3) is 17.6 Å². The molecule has 1 aliphatic rings. The van der Waals surface area contributed by atoms with E-state index < -0.39 is 24.3 Å². The number of amides is 1. The molecule has 0 saturated carbocycles. The van der Waals surface area contributed by atoms with Gasteiger partial charge < -0.3 is 9.47 Å². The number of nitrogens with zero attached hydrogens (tertiary/aromatic N) is 6. The van der Waals surface area contributed by atoms with Crippen LogP contribution in [-0.2, 0) is 7.05 Å². The van der Waals surface area contributed by atoms with Crippen molar-refractivity contribution in [1.29, 1.82) is 0 Å². The minimum atomic E-state index is -3.01. The number of halogens is 2. The summed E-state index contributed by atoms with van der Waals surface area (Å²) in [5, 5.41) is 4.90. The Balaban J connectivity index is 1.54. The van der Waals surface area contributed by atoms with Crippen LogP contribution in [0.5, 0.6) is 0 Å². The number of hydrogen-bond acceptors (Lipinski definition) is 4. The zero-order valence-electron chi connectivity index (χ0n) is 16.6. The number of piperidine rings is 1. The number of benzene rings is 1. The Bertz CT molecular complexity index is 1280. The minimum Gasteiger partial charge on any atom is -0.350 e. The van der Waals surface area contributed by atoms with Crippen LogP contribution in [-0.4, -0.2) is 54.0 Å². The lowest BCUT2D eigenvalue weighted by atomic mass is 9.91. The van der Waals surface area contributed by atoms with E-state index in [0.29, 0.717) is 22.7 Å². The highest BCUT2D eigenvalue weighted by Crippen LogP contribution is 2.37. The van der Waals surface area contributed by atoms with Crippen molar-refractivity contribution in [3.8, 4) is 0 Å². The highest BCUT2D eigenvalue weighted by molar-refractivity contribution is 6.07. The van der Waals surface area contributed by atoms with Gasteiger partial charge in [0.05, 0.1) is 17.8 Å². The predicted molar refractivity (Wildman–Crippen MR) is 107 cm³/mol. The molecule has 1 aliphatic heterocycles. The molecule has 0 bridgehead atoms. The molecule has 1 fully saturated rings. The average molecular weight is 410 g/mol. The molecule has 0 spiro atoms. The maximum atomic E-state index is 14.8. The molecule has 4 heterocycles. The normalized spacial score (nSPS) is 18.9. The van der Waals surface area contributed by atoms with Crippen molar-refractivity contribution < 1.29 is 13.6 Å². The lowest BCUT2D eigenvalue weighted by Gasteiger charge is -2.37. The standard InChI is InChI=1S/C21H20F2N6O/c1-13-7-18(29-20(26-13)24-12-25-29)14-8-21(22,23)11-28(9-14)19(30)16-10-27(2)17-6-4-3-5-15(16)17/h3-7,10,12,14H,8-9,11H2,1-2H3. The van der Waals surface area contributed by atoms with E-state index in [0.717, 1.165) is 10.9 Å². The molecule has 0 N–H and O–H groups in total. The zero-order valence-corrected chi connectivity index (χ0v) is 16.6. The summed E-state index contributed by atoms with van der Waals surface area (Å²) in [5.74, 6) is -3.62. The molecular formula is C21H20F2N6O. The number of aromatic nitrogens is 5. The number of para-hydroxylation sites is 1. The molecule has 30 heavy (non-hydrogen) atoms. The Hall–Kier alpha value is -3.36. The van der Waals surface area contributed by atoms with Crippen LogP contribution < -0.4 is 0 Å². The summed E-state index contributed by atoms with van der Waals surface area (Å²) in [5.41, 5.74) is 2.58. The SMILES string of the molecule is Cc1cc(C2CN(C(=O)c3cn(C)c4ccccc34)CC(F)(F)C2)n2ncnc2n1. The van der Waals surface area contributed by atoms with Gasteiger partial charge in [-0.15, -0.1) is 0 Å². The van der Waals surface area contributed by atoms with Gasteiger partial charge in [0, 0.05) is 48.7 Å². The van der Waals surface area contributed by atoms with Crippen LogP contribution >= 0.6 is 0 Å². The van der Waals surface area contributed by atoms with Crippen molar-refractivity contribution in [2.75, 3.05) is 13.1 Å². The highest BCUT2D eigenvalue weighted by Gasteiger charge is 2.44. The smallest absolute Gasteiger partial charge is 0.266 e. The van der Waals surface area contributed by atoms with Gasteiger partial charge in [-0.05, 0) is 19.1 Å². The quantitative estimate of drug-likeness (QED) is 0.509. The number of likely N-dealkylation sites (tertiary alicyclic amines) is 1. The maximum absolute atomic E-state index is 14.8. The summed E-state index contributed by atoms with van der Waals surface area (Å²) in [6.45, 7) is 1.37. The molecule has 1 unspecified atom stereocenters. The van der Waals surface area contributed by atoms with Crippen molar-refractivity contribution in [1.82, 2.24) is 29.0 Å². The van der Waals surface area contributed by atoms with E-state index >= 15 is 0 Å². The number of alkyl halides is 2. The summed E-state index contributed by atoms with van der Waals surface area (Å²) in [4.78, 5) is 22.9. The summed E-state index contributed by atoms with van der Waals surface area (Å²) < 4.78 is 32.8. The van der Waals surface area contributed by atoms with Gasteiger partial charge in [-0.2, -0.15) is 10.1 Å². The number of hydrogen-bond donors (Lipinski definition) is 0. The van der Waals surface area contributed by atoms with Crippen LogP contribution in [0.2, 0.25) is 0 Å². The first kappa shape index (κ1) is 18.7. The van der Waals surface area contributed by atoms with Crippen LogP contribution in [0.4, 0.5) is 8.78 Å². The third-order valence-corrected chi connectivity index (χ3v) is 5.65. The van der Waals surface area contributed by atoms with E-state index in [1.54, 1.807) is 19.2 Å². The van der Waals surface area contributed by atoms with Crippen LogP contribution in [0.15, 0.2) is 42.9 Å². The molecule has 154 valence electrons. The third-order valence-electron chi connectivity index (χ3n) is 5.65. The van der Waals surface area contributed by atoms with Gasteiger partial charge in [-0.1, -0.05) is 18.2 Å². The van der Waals surface area contributed by atoms with Gasteiger partial charge in [0.2, 0.25) is 0 Å². The molecule has 3 aromatic heterocycles. The zero-order chi connectivity index (χ0) is 21.0. The van der Waals surface area contributed by atoms with E-state index in [4.69, 9.17) is 0 Å². The number of fused-ring (bicyclic) bond motifs is 2. The van der Waals surface area contributed by atoms with Crippen molar-refractivity contribution >= 4 is 22.6 Å². The summed E-state index contributed by atoms with van der Waals surface area (Å²) in [7, 11) is 1.84. The molecular weight excluding hydrogens is 390 g/mol. The molecule has 4 aromatic rings. The van der Waals surface area contributed by atoms with Gasteiger partial charge in [-0.3, -0.25) is 4.79 Å². The fourth-order valence-electron chi connectivity index (χ4n) is 4.38. The molecule has 1 aromatic carbocycles. The van der Waals surface area contributed by atoms with Gasteiger partial charge >= 0.3 is 0 Å². The molecule has 5 rings (SSSR count). The lowest BCUT2D eigenvalue weighted by Crippen LogP contribution is -2.49. The number of aryl methyl sites for hydroxylation is 2. The molecule has 9 heteroatoms. The molecule has 0 aliphatic carbocycles. The minimum absolute atomic E-state index is 0.177. The van der Waals surface area contributed by atoms with E-state index in [1.807, 2.05) is 35.9 Å². The Morgan fingerprint density at radius 3 is 2.90 bits per heavy atom. The predicted octanol–water partition coefficient (Wildman–Crippen LogP) is 3.19. The van der Waals surface area contributed by atoms with Crippen molar-refractivity contribution in [2.45, 2.75) is 25.2 Å². The fourth-order valence-corrected chi connectivity index (χ4v) is 4.38. The third kappa shape index (κ3) is 3.01. The van der Waals surface area contributed by atoms with E-state index in [-0.39, 0.29) is 13.0 Å². The highest BCUT2D eigenvalue weighted by atomic mass is 19.3. The Morgan fingerprint density at radius 2 is 2.07 bits per heavy atom. The Labute approximate surface area is 171 Å². The van der Waals surface area contributed by atoms with Crippen LogP contribution in [0.25, 0.3) is 16.7 Å². The topological polar surface area (TPSA) is 68.3 Å². The van der Waals surface area contributed by atoms with Gasteiger partial charge in [0.15, 0.2) is 0 Å². The monoisotopic (exact) mass is 410 g/mol. The van der Waals surface area contributed by atoms with E-state index in [1.165, 1.54) is 15.7 Å². The first-order valence-corrected chi connectivity index (χ1v) is 9.71. The molecule has 7 nitrogen and oxygen atoms in total. The lowest BCUT2D eigenvalue weighted by molar-refractivity contribution is -0.0640. The van der Waals surface area contributed by atoms with Crippen molar-refractivity contribution in [3.05, 3.63) is 59.8 Å². The molecule has 1 atom stereocenters. The number of carbonyl (C=O) groups is 1. The van der Waals surface area contributed by atoms with Crippen LogP contribution in [0.3, 0.4) is 0 Å². The Morgan fingerprint density at radius 1 is 1.27 bits per heavy atom. The van der Waals surface area contributed by atoms with Gasteiger partial charge in [-0.25, -0.2) is 18.3 Å². The fraction of sp³-hybridized carbons (Fsp3) is 0.333. The van der Waals surface area contributed by atoms with Crippen molar-refractivity contribution in [2.24, 2.45) is 7.05 Å². The first-order chi connectivity index (χ1) is 14.3. The largest absolute Gasteiger partial charge is 0.350 e. The maximum Gasteiger partial charge on any atom is 0.266 e. The second-order valence-corrected chi connectivity index (χ2v) is 7.91. The second-order valence-electron chi connectivity index (χ2n) is 7.91. The summed E-state index contributed by atoms with van der Waals surface area (Å²) in [6, 6.07) is 9.22. The van der Waals surface area contributed by atoms with E-state index in [9.17, 15) is 13.6 Å². The van der Waals surface area contributed by atoms with E-state index in [2.05, 4.69) is 15.1 Å². The molecule has 1 saturated heterocycles. The molecule has 0 radical (unpaired) electrons. The second kappa shape index (κ2) is 6.58. The van der Waals surface area contributed by atoms with Gasteiger partial charge in [0.1, 0.15) is 6.33 Å². The van der Waals surface area contributed by atoms with Crippen LogP contribution in [0.1, 0.15) is 34.1 Å². The summed E-state index contributed by atoms with van der Waals surface area (Å²) in [6.07, 6.45) is 2.71. The van der Waals surface area contributed by atoms with Crippen molar-refractivity contribution in [3.63, 3.8) is 0 Å². The summed E-state index contributed by atoms with van der Waals surface area (Å²) >= 11 is 0. The number of carbonyl (C=O) groups excluding carboxylic acids is 1. The average Bonchev–Trinajstić information content (AvgIpc) is 3.30.